The predicted molar refractivity (Wildman–Crippen MR) is 105 cm³/mol. The first-order chi connectivity index (χ1) is 12.1. The number of halogens is 2. The molecule has 0 unspecified atom stereocenters. The Labute approximate surface area is 159 Å². The first-order valence-corrected chi connectivity index (χ1v) is 9.10. The van der Waals surface area contributed by atoms with Crippen LogP contribution in [0.5, 0.6) is 0 Å². The zero-order chi connectivity index (χ0) is 17.6. The van der Waals surface area contributed by atoms with Crippen molar-refractivity contribution >= 4 is 51.7 Å². The van der Waals surface area contributed by atoms with Gasteiger partial charge in [-0.1, -0.05) is 53.5 Å². The molecule has 2 aromatic carbocycles. The Morgan fingerprint density at radius 3 is 2.80 bits per heavy atom. The molecule has 0 aliphatic carbocycles. The Morgan fingerprint density at radius 2 is 2.00 bits per heavy atom. The molecule has 0 fully saturated rings. The van der Waals surface area contributed by atoms with Gasteiger partial charge in [-0.3, -0.25) is 10.1 Å². The maximum absolute atomic E-state index is 12.0. The smallest absolute Gasteiger partial charge is 0.250 e. The Hall–Kier alpha value is -2.14. The maximum atomic E-state index is 12.0. The van der Waals surface area contributed by atoms with Crippen LogP contribution in [-0.2, 0) is 11.2 Å². The number of thiazole rings is 1. The minimum absolute atomic E-state index is 0.237. The quantitative estimate of drug-likeness (QED) is 0.570. The highest BCUT2D eigenvalue weighted by molar-refractivity contribution is 7.15. The first-order valence-electron chi connectivity index (χ1n) is 7.53. The molecule has 25 heavy (non-hydrogen) atoms. The second-order valence-electron chi connectivity index (χ2n) is 5.28. The molecule has 3 aromatic rings. The number of carbonyl (C=O) groups is 1. The summed E-state index contributed by atoms with van der Waals surface area (Å²) in [5, 5.41) is 4.68. The summed E-state index contributed by atoms with van der Waals surface area (Å²) >= 11 is 13.5. The summed E-state index contributed by atoms with van der Waals surface area (Å²) in [6.07, 6.45) is 5.61. The van der Waals surface area contributed by atoms with E-state index >= 15 is 0 Å². The molecule has 1 amide bonds. The van der Waals surface area contributed by atoms with Gasteiger partial charge in [-0.25, -0.2) is 4.98 Å². The highest BCUT2D eigenvalue weighted by Gasteiger charge is 2.07. The number of aromatic nitrogens is 1. The number of rotatable bonds is 5. The summed E-state index contributed by atoms with van der Waals surface area (Å²) in [5.41, 5.74) is 1.90. The summed E-state index contributed by atoms with van der Waals surface area (Å²) < 4.78 is 0. The fourth-order valence-electron chi connectivity index (χ4n) is 2.21. The molecular weight excluding hydrogens is 375 g/mol. The van der Waals surface area contributed by atoms with Gasteiger partial charge in [-0.15, -0.1) is 11.3 Å². The largest absolute Gasteiger partial charge is 0.298 e. The fourth-order valence-corrected chi connectivity index (χ4v) is 3.45. The van der Waals surface area contributed by atoms with Crippen LogP contribution in [0.3, 0.4) is 0 Å². The van der Waals surface area contributed by atoms with Crippen LogP contribution in [0.2, 0.25) is 10.0 Å². The Balaban J connectivity index is 1.61. The van der Waals surface area contributed by atoms with Crippen LogP contribution in [0.4, 0.5) is 5.13 Å². The molecule has 1 aromatic heterocycles. The topological polar surface area (TPSA) is 42.0 Å². The van der Waals surface area contributed by atoms with Crippen molar-refractivity contribution in [1.82, 2.24) is 4.98 Å². The number of hydrogen-bond donors (Lipinski definition) is 1. The van der Waals surface area contributed by atoms with Crippen LogP contribution < -0.4 is 5.32 Å². The summed E-state index contributed by atoms with van der Waals surface area (Å²) in [4.78, 5) is 17.3. The van der Waals surface area contributed by atoms with Crippen LogP contribution in [0, 0.1) is 0 Å². The normalized spacial score (nSPS) is 11.0. The number of amides is 1. The molecule has 0 saturated carbocycles. The van der Waals surface area contributed by atoms with E-state index in [1.807, 2.05) is 36.4 Å². The molecule has 126 valence electrons. The molecule has 6 heteroatoms. The summed E-state index contributed by atoms with van der Waals surface area (Å²) in [6.45, 7) is 0. The van der Waals surface area contributed by atoms with Gasteiger partial charge in [0.15, 0.2) is 5.13 Å². The van der Waals surface area contributed by atoms with Gasteiger partial charge in [0.2, 0.25) is 5.91 Å². The molecule has 0 aliphatic heterocycles. The van der Waals surface area contributed by atoms with Crippen molar-refractivity contribution in [3.8, 4) is 0 Å². The van der Waals surface area contributed by atoms with Crippen molar-refractivity contribution in [2.45, 2.75) is 6.42 Å². The Morgan fingerprint density at radius 1 is 1.16 bits per heavy atom. The summed E-state index contributed by atoms with van der Waals surface area (Å²) in [7, 11) is 0. The van der Waals surface area contributed by atoms with Gasteiger partial charge in [0.1, 0.15) is 0 Å². The Bertz CT molecular complexity index is 921. The minimum Gasteiger partial charge on any atom is -0.298 e. The number of nitrogens with one attached hydrogen (secondary N) is 1. The molecule has 3 rings (SSSR count). The average molecular weight is 389 g/mol. The van der Waals surface area contributed by atoms with Crippen LogP contribution in [0.15, 0.2) is 60.8 Å². The van der Waals surface area contributed by atoms with Crippen molar-refractivity contribution in [3.05, 3.63) is 86.9 Å². The predicted octanol–water partition coefficient (Wildman–Crippen LogP) is 5.69. The van der Waals surface area contributed by atoms with Crippen molar-refractivity contribution < 1.29 is 4.79 Å². The monoisotopic (exact) mass is 388 g/mol. The standard InChI is InChI=1S/C19H14Cl2N2OS/c20-15-6-3-4-13(10-15)8-9-18(24)23-19-22-12-16(25-19)11-14-5-1-2-7-17(14)21/h1-10,12H,11H2,(H,22,23,24)/b9-8+. The van der Waals surface area contributed by atoms with E-state index < -0.39 is 0 Å². The van der Waals surface area contributed by atoms with Crippen molar-refractivity contribution in [3.63, 3.8) is 0 Å². The van der Waals surface area contributed by atoms with Crippen LogP contribution in [-0.4, -0.2) is 10.9 Å². The molecule has 0 bridgehead atoms. The minimum atomic E-state index is -0.237. The zero-order valence-electron chi connectivity index (χ0n) is 13.1. The lowest BCUT2D eigenvalue weighted by Crippen LogP contribution is -2.07. The fraction of sp³-hybridized carbons (Fsp3) is 0.0526. The molecule has 0 saturated heterocycles. The van der Waals surface area contributed by atoms with E-state index in [9.17, 15) is 4.79 Å². The van der Waals surface area contributed by atoms with Crippen LogP contribution in [0.25, 0.3) is 6.08 Å². The average Bonchev–Trinajstić information content (AvgIpc) is 3.02. The van der Waals surface area contributed by atoms with Crippen LogP contribution in [0.1, 0.15) is 16.0 Å². The van der Waals surface area contributed by atoms with E-state index in [-0.39, 0.29) is 5.91 Å². The second-order valence-corrected chi connectivity index (χ2v) is 7.24. The van der Waals surface area contributed by atoms with Gasteiger partial charge in [0, 0.05) is 33.6 Å². The molecule has 0 aliphatic rings. The van der Waals surface area contributed by atoms with Crippen LogP contribution >= 0.6 is 34.5 Å². The summed E-state index contributed by atoms with van der Waals surface area (Å²) in [6, 6.07) is 15.0. The van der Waals surface area contributed by atoms with E-state index in [0.717, 1.165) is 21.0 Å². The lowest BCUT2D eigenvalue weighted by Gasteiger charge is -2.00. The van der Waals surface area contributed by atoms with Gasteiger partial charge < -0.3 is 0 Å². The second kappa shape index (κ2) is 8.30. The van der Waals surface area contributed by atoms with E-state index in [4.69, 9.17) is 23.2 Å². The number of anilines is 1. The molecule has 0 atom stereocenters. The third-order valence-corrected chi connectivity index (χ3v) is 4.90. The Kier molecular flexibility index (Phi) is 5.87. The number of hydrogen-bond acceptors (Lipinski definition) is 3. The van der Waals surface area contributed by atoms with E-state index in [1.54, 1.807) is 24.4 Å². The number of nitrogens with zero attached hydrogens (tertiary/aromatic N) is 1. The van der Waals surface area contributed by atoms with Crippen molar-refractivity contribution in [1.29, 1.82) is 0 Å². The third-order valence-electron chi connectivity index (χ3n) is 3.38. The highest BCUT2D eigenvalue weighted by Crippen LogP contribution is 2.24. The van der Waals surface area contributed by atoms with Crippen molar-refractivity contribution in [2.24, 2.45) is 0 Å². The molecule has 3 nitrogen and oxygen atoms in total. The van der Waals surface area contributed by atoms with E-state index in [0.29, 0.717) is 16.6 Å². The van der Waals surface area contributed by atoms with Gasteiger partial charge in [-0.05, 0) is 35.4 Å². The van der Waals surface area contributed by atoms with E-state index in [2.05, 4.69) is 10.3 Å². The molecule has 1 N–H and O–H groups in total. The lowest BCUT2D eigenvalue weighted by atomic mass is 10.1. The van der Waals surface area contributed by atoms with Gasteiger partial charge in [-0.2, -0.15) is 0 Å². The van der Waals surface area contributed by atoms with Gasteiger partial charge in [0.25, 0.3) is 0 Å². The van der Waals surface area contributed by atoms with Gasteiger partial charge in [0.05, 0.1) is 0 Å². The molecular formula is C19H14Cl2N2OS. The van der Waals surface area contributed by atoms with Gasteiger partial charge >= 0.3 is 0 Å². The molecule has 0 spiro atoms. The SMILES string of the molecule is O=C(/C=C/c1cccc(Cl)c1)Nc1ncc(Cc2ccccc2Cl)s1. The zero-order valence-corrected chi connectivity index (χ0v) is 15.4. The van der Waals surface area contributed by atoms with E-state index in [1.165, 1.54) is 17.4 Å². The number of carbonyl (C=O) groups excluding carboxylic acids is 1. The highest BCUT2D eigenvalue weighted by atomic mass is 35.5. The first kappa shape index (κ1) is 17.7. The molecule has 1 heterocycles. The van der Waals surface area contributed by atoms with Crippen molar-refractivity contribution in [2.75, 3.05) is 5.32 Å². The number of benzene rings is 2. The summed E-state index contributed by atoms with van der Waals surface area (Å²) in [5.74, 6) is -0.237. The lowest BCUT2D eigenvalue weighted by molar-refractivity contribution is -0.111. The molecule has 0 radical (unpaired) electrons. The maximum Gasteiger partial charge on any atom is 0.250 e. The third kappa shape index (κ3) is 5.16.